The minimum atomic E-state index is -0.280. The fraction of sp³-hybridized carbons (Fsp3) is 0.462. The molecule has 0 aromatic heterocycles. The van der Waals surface area contributed by atoms with Crippen molar-refractivity contribution >= 4 is 18.0 Å². The van der Waals surface area contributed by atoms with Crippen LogP contribution in [0.3, 0.4) is 0 Å². The molecule has 1 aromatic carbocycles. The first-order valence-corrected chi connectivity index (χ1v) is 6.16. The Morgan fingerprint density at radius 2 is 2.35 bits per heavy atom. The van der Waals surface area contributed by atoms with Crippen LogP contribution in [0, 0.1) is 5.82 Å². The summed E-state index contributed by atoms with van der Waals surface area (Å²) >= 11 is 5.87. The van der Waals surface area contributed by atoms with Crippen molar-refractivity contribution in [3.63, 3.8) is 0 Å². The molecule has 0 bridgehead atoms. The molecule has 92 valence electrons. The summed E-state index contributed by atoms with van der Waals surface area (Å²) in [6.07, 6.45) is 3.30. The van der Waals surface area contributed by atoms with E-state index in [0.717, 1.165) is 18.4 Å². The van der Waals surface area contributed by atoms with E-state index in [0.29, 0.717) is 11.6 Å². The number of halogens is 2. The first-order valence-electron chi connectivity index (χ1n) is 5.78. The van der Waals surface area contributed by atoms with Crippen LogP contribution in [-0.4, -0.2) is 19.0 Å². The second kappa shape index (κ2) is 5.50. The van der Waals surface area contributed by atoms with Gasteiger partial charge in [-0.2, -0.15) is 0 Å². The molecule has 0 N–H and O–H groups in total. The molecule has 1 aliphatic heterocycles. The van der Waals surface area contributed by atoms with Crippen LogP contribution in [0.1, 0.15) is 31.2 Å². The predicted molar refractivity (Wildman–Crippen MR) is 67.3 cm³/mol. The summed E-state index contributed by atoms with van der Waals surface area (Å²) in [5, 5.41) is 0.449. The van der Waals surface area contributed by atoms with Crippen molar-refractivity contribution in [1.29, 1.82) is 0 Å². The number of hydrogen-bond donors (Lipinski definition) is 0. The molecule has 0 spiro atoms. The summed E-state index contributed by atoms with van der Waals surface area (Å²) in [5.74, 6) is -0.0100. The third-order valence-corrected chi connectivity index (χ3v) is 3.26. The molecule has 2 unspecified atom stereocenters. The predicted octanol–water partition coefficient (Wildman–Crippen LogP) is 3.79. The molecule has 0 saturated heterocycles. The monoisotopic (exact) mass is 255 g/mol. The lowest BCUT2D eigenvalue weighted by Crippen LogP contribution is -2.12. The van der Waals surface area contributed by atoms with Gasteiger partial charge < -0.3 is 4.74 Å². The molecule has 0 radical (unpaired) electrons. The zero-order valence-electron chi connectivity index (χ0n) is 9.70. The van der Waals surface area contributed by atoms with E-state index in [2.05, 4.69) is 11.9 Å². The van der Waals surface area contributed by atoms with Crippen LogP contribution in [-0.2, 0) is 4.74 Å². The van der Waals surface area contributed by atoms with Crippen LogP contribution in [0.15, 0.2) is 23.2 Å². The summed E-state index contributed by atoms with van der Waals surface area (Å²) in [4.78, 5) is 4.22. The van der Waals surface area contributed by atoms with E-state index in [1.54, 1.807) is 6.07 Å². The van der Waals surface area contributed by atoms with Gasteiger partial charge in [0.1, 0.15) is 12.4 Å². The number of ether oxygens (including phenoxy) is 1. The Labute approximate surface area is 105 Å². The summed E-state index contributed by atoms with van der Waals surface area (Å²) in [5.41, 5.74) is 0.944. The molecule has 1 aromatic rings. The Morgan fingerprint density at radius 3 is 2.94 bits per heavy atom. The van der Waals surface area contributed by atoms with Crippen LogP contribution in [0.2, 0.25) is 5.02 Å². The highest BCUT2D eigenvalue weighted by molar-refractivity contribution is 6.30. The smallest absolute Gasteiger partial charge is 0.169 e. The van der Waals surface area contributed by atoms with E-state index >= 15 is 0 Å². The highest BCUT2D eigenvalue weighted by Gasteiger charge is 2.19. The topological polar surface area (TPSA) is 21.6 Å². The van der Waals surface area contributed by atoms with Gasteiger partial charge in [-0.05, 0) is 42.5 Å². The summed E-state index contributed by atoms with van der Waals surface area (Å²) < 4.78 is 18.4. The lowest BCUT2D eigenvalue weighted by atomic mass is 9.90. The highest BCUT2D eigenvalue weighted by Crippen LogP contribution is 2.29. The zero-order valence-corrected chi connectivity index (χ0v) is 10.5. The second-order valence-corrected chi connectivity index (χ2v) is 4.72. The van der Waals surface area contributed by atoms with Gasteiger partial charge in [-0.25, -0.2) is 4.39 Å². The Balaban J connectivity index is 2.13. The van der Waals surface area contributed by atoms with E-state index in [1.807, 2.05) is 6.07 Å². The third kappa shape index (κ3) is 3.19. The Kier molecular flexibility index (Phi) is 4.00. The van der Waals surface area contributed by atoms with E-state index in [-0.39, 0.29) is 17.8 Å². The second-order valence-electron chi connectivity index (χ2n) is 4.29. The van der Waals surface area contributed by atoms with Gasteiger partial charge in [-0.1, -0.05) is 18.5 Å². The van der Waals surface area contributed by atoms with E-state index in [4.69, 9.17) is 16.3 Å². The molecule has 2 atom stereocenters. The minimum absolute atomic E-state index is 0.182. The van der Waals surface area contributed by atoms with Gasteiger partial charge in [0, 0.05) is 5.02 Å². The van der Waals surface area contributed by atoms with Gasteiger partial charge in [-0.15, -0.1) is 0 Å². The normalized spacial score (nSPS) is 20.3. The van der Waals surface area contributed by atoms with Crippen molar-refractivity contribution < 1.29 is 9.13 Å². The summed E-state index contributed by atoms with van der Waals surface area (Å²) in [6.45, 7) is 2.71. The maximum Gasteiger partial charge on any atom is 0.169 e. The lowest BCUT2D eigenvalue weighted by Gasteiger charge is -2.17. The first kappa shape index (κ1) is 12.4. The number of aliphatic imine (C=N–C) groups is 1. The van der Waals surface area contributed by atoms with Gasteiger partial charge in [0.05, 0.1) is 6.04 Å². The largest absolute Gasteiger partial charge is 0.481 e. The molecule has 1 aliphatic rings. The van der Waals surface area contributed by atoms with Gasteiger partial charge in [-0.3, -0.25) is 4.99 Å². The van der Waals surface area contributed by atoms with Crippen LogP contribution >= 0.6 is 11.6 Å². The van der Waals surface area contributed by atoms with Crippen molar-refractivity contribution in [3.05, 3.63) is 34.6 Å². The molecule has 0 fully saturated rings. The zero-order chi connectivity index (χ0) is 12.3. The van der Waals surface area contributed by atoms with Gasteiger partial charge in [0.2, 0.25) is 0 Å². The van der Waals surface area contributed by atoms with Gasteiger partial charge in [0.15, 0.2) is 6.40 Å². The molecule has 17 heavy (non-hydrogen) atoms. The fourth-order valence-electron chi connectivity index (χ4n) is 2.13. The molecular weight excluding hydrogens is 241 g/mol. The quantitative estimate of drug-likeness (QED) is 0.802. The van der Waals surface area contributed by atoms with Crippen LogP contribution in [0.4, 0.5) is 4.39 Å². The van der Waals surface area contributed by atoms with E-state index in [1.165, 1.54) is 12.5 Å². The van der Waals surface area contributed by atoms with Crippen LogP contribution < -0.4 is 0 Å². The standard InChI is InChI=1S/C13H15ClFNO/c1-2-9(5-13-7-17-8-16-13)10-3-11(14)6-12(15)4-10/h3-4,6,8-9,13H,2,5,7H2,1H3. The van der Waals surface area contributed by atoms with Crippen molar-refractivity contribution in [2.45, 2.75) is 31.7 Å². The van der Waals surface area contributed by atoms with E-state index in [9.17, 15) is 4.39 Å². The number of nitrogens with zero attached hydrogens (tertiary/aromatic N) is 1. The van der Waals surface area contributed by atoms with Crippen molar-refractivity contribution in [1.82, 2.24) is 0 Å². The number of rotatable bonds is 4. The Morgan fingerprint density at radius 1 is 1.53 bits per heavy atom. The van der Waals surface area contributed by atoms with Gasteiger partial charge in [0.25, 0.3) is 0 Å². The van der Waals surface area contributed by atoms with Crippen LogP contribution in [0.25, 0.3) is 0 Å². The highest BCUT2D eigenvalue weighted by atomic mass is 35.5. The summed E-state index contributed by atoms with van der Waals surface area (Å²) in [6, 6.07) is 4.90. The molecular formula is C13H15ClFNO. The van der Waals surface area contributed by atoms with Crippen molar-refractivity contribution in [3.8, 4) is 0 Å². The first-order chi connectivity index (χ1) is 8.19. The fourth-order valence-corrected chi connectivity index (χ4v) is 2.36. The lowest BCUT2D eigenvalue weighted by molar-refractivity contribution is 0.313. The average Bonchev–Trinajstić information content (AvgIpc) is 2.77. The minimum Gasteiger partial charge on any atom is -0.481 e. The molecule has 0 aliphatic carbocycles. The van der Waals surface area contributed by atoms with Crippen LogP contribution in [0.5, 0.6) is 0 Å². The van der Waals surface area contributed by atoms with Crippen molar-refractivity contribution in [2.24, 2.45) is 4.99 Å². The third-order valence-electron chi connectivity index (χ3n) is 3.04. The summed E-state index contributed by atoms with van der Waals surface area (Å²) in [7, 11) is 0. The molecule has 1 heterocycles. The number of hydrogen-bond acceptors (Lipinski definition) is 2. The maximum atomic E-state index is 13.3. The molecule has 2 nitrogen and oxygen atoms in total. The molecule has 4 heteroatoms. The SMILES string of the molecule is CCC(CC1COC=N1)c1cc(F)cc(Cl)c1. The van der Waals surface area contributed by atoms with E-state index < -0.39 is 0 Å². The van der Waals surface area contributed by atoms with Gasteiger partial charge >= 0.3 is 0 Å². The number of benzene rings is 1. The molecule has 0 amide bonds. The van der Waals surface area contributed by atoms with Crippen molar-refractivity contribution in [2.75, 3.05) is 6.61 Å². The Bertz CT molecular complexity index is 402. The average molecular weight is 256 g/mol. The Hall–Kier alpha value is -1.09. The molecule has 0 saturated carbocycles. The molecule has 2 rings (SSSR count). The maximum absolute atomic E-state index is 13.3.